The molecule has 114 valence electrons. The average Bonchev–Trinajstić information content (AvgIpc) is 2.40. The molecule has 2 unspecified atom stereocenters. The number of aryl methyl sites for hydroxylation is 1. The lowest BCUT2D eigenvalue weighted by Crippen LogP contribution is -2.48. The summed E-state index contributed by atoms with van der Waals surface area (Å²) in [4.78, 5) is 0. The van der Waals surface area contributed by atoms with Crippen LogP contribution in [0, 0.1) is 12.7 Å². The predicted molar refractivity (Wildman–Crippen MR) is 79.6 cm³/mol. The highest BCUT2D eigenvalue weighted by Gasteiger charge is 2.25. The van der Waals surface area contributed by atoms with Crippen LogP contribution in [0.2, 0.25) is 0 Å². The van der Waals surface area contributed by atoms with Crippen LogP contribution in [0.1, 0.15) is 39.2 Å². The fraction of sp³-hybridized carbons (Fsp3) is 0.625. The van der Waals surface area contributed by atoms with Gasteiger partial charge >= 0.3 is 0 Å². The second kappa shape index (κ2) is 7.60. The fourth-order valence-corrected chi connectivity index (χ4v) is 2.22. The van der Waals surface area contributed by atoms with E-state index >= 15 is 0 Å². The van der Waals surface area contributed by atoms with E-state index in [-0.39, 0.29) is 24.1 Å². The number of rotatable bonds is 8. The van der Waals surface area contributed by atoms with E-state index in [2.05, 4.69) is 12.2 Å². The second-order valence-electron chi connectivity index (χ2n) is 5.69. The largest absolute Gasteiger partial charge is 0.491 e. The molecule has 0 bridgehead atoms. The Morgan fingerprint density at radius 3 is 2.70 bits per heavy atom. The van der Waals surface area contributed by atoms with Crippen LogP contribution < -0.4 is 10.1 Å². The Kier molecular flexibility index (Phi) is 6.43. The highest BCUT2D eigenvalue weighted by Crippen LogP contribution is 2.20. The smallest absolute Gasteiger partial charge is 0.126 e. The molecule has 0 aliphatic rings. The van der Waals surface area contributed by atoms with E-state index in [1.165, 1.54) is 6.07 Å². The number of hydrogen-bond acceptors (Lipinski definition) is 3. The van der Waals surface area contributed by atoms with E-state index < -0.39 is 0 Å². The van der Waals surface area contributed by atoms with Gasteiger partial charge in [0.2, 0.25) is 0 Å². The highest BCUT2D eigenvalue weighted by atomic mass is 19.1. The molecule has 1 aromatic carbocycles. The monoisotopic (exact) mass is 283 g/mol. The van der Waals surface area contributed by atoms with Crippen molar-refractivity contribution in [3.05, 3.63) is 29.6 Å². The number of aliphatic hydroxyl groups is 1. The first kappa shape index (κ1) is 16.9. The molecule has 2 N–H and O–H groups in total. The second-order valence-corrected chi connectivity index (χ2v) is 5.69. The summed E-state index contributed by atoms with van der Waals surface area (Å²) in [6.45, 7) is 8.67. The number of aliphatic hydroxyl groups excluding tert-OH is 1. The van der Waals surface area contributed by atoms with Gasteiger partial charge < -0.3 is 15.2 Å². The van der Waals surface area contributed by atoms with Crippen LogP contribution in [0.15, 0.2) is 18.2 Å². The van der Waals surface area contributed by atoms with Gasteiger partial charge in [-0.1, -0.05) is 6.92 Å². The lowest BCUT2D eigenvalue weighted by molar-refractivity contribution is 0.110. The van der Waals surface area contributed by atoms with Crippen LogP contribution in [0.4, 0.5) is 4.39 Å². The van der Waals surface area contributed by atoms with Crippen LogP contribution in [0.25, 0.3) is 0 Å². The van der Waals surface area contributed by atoms with Crippen LogP contribution in [-0.4, -0.2) is 29.9 Å². The third kappa shape index (κ3) is 5.10. The van der Waals surface area contributed by atoms with Crippen molar-refractivity contribution in [3.63, 3.8) is 0 Å². The molecule has 0 radical (unpaired) electrons. The zero-order chi connectivity index (χ0) is 15.2. The maximum atomic E-state index is 13.2. The molecule has 0 saturated carbocycles. The number of benzene rings is 1. The topological polar surface area (TPSA) is 41.5 Å². The van der Waals surface area contributed by atoms with E-state index in [4.69, 9.17) is 4.74 Å². The number of halogens is 1. The van der Waals surface area contributed by atoms with Gasteiger partial charge in [-0.25, -0.2) is 4.39 Å². The molecule has 0 aliphatic heterocycles. The molecule has 20 heavy (non-hydrogen) atoms. The van der Waals surface area contributed by atoms with Gasteiger partial charge in [0.15, 0.2) is 0 Å². The summed E-state index contributed by atoms with van der Waals surface area (Å²) in [6.07, 6.45) is 1.63. The summed E-state index contributed by atoms with van der Waals surface area (Å²) in [5.41, 5.74) is 0.216. The van der Waals surface area contributed by atoms with Crippen LogP contribution in [0.3, 0.4) is 0 Å². The number of nitrogens with one attached hydrogen (secondary N) is 1. The third-order valence-corrected chi connectivity index (χ3v) is 3.36. The van der Waals surface area contributed by atoms with Crippen molar-refractivity contribution in [2.24, 2.45) is 0 Å². The molecular formula is C16H26FNO2. The molecule has 4 heteroatoms. The maximum absolute atomic E-state index is 13.2. The quantitative estimate of drug-likeness (QED) is 0.770. The summed E-state index contributed by atoms with van der Waals surface area (Å²) >= 11 is 0. The van der Waals surface area contributed by atoms with Crippen molar-refractivity contribution in [2.75, 3.05) is 13.2 Å². The lowest BCUT2D eigenvalue weighted by atomic mass is 9.95. The highest BCUT2D eigenvalue weighted by molar-refractivity contribution is 5.29. The van der Waals surface area contributed by atoms with Crippen molar-refractivity contribution in [3.8, 4) is 5.75 Å². The Hall–Kier alpha value is -1.13. The minimum Gasteiger partial charge on any atom is -0.491 e. The van der Waals surface area contributed by atoms with Gasteiger partial charge in [0.05, 0.1) is 12.7 Å². The predicted octanol–water partition coefficient (Wildman–Crippen LogP) is 3.04. The van der Waals surface area contributed by atoms with E-state index in [1.807, 2.05) is 13.8 Å². The minimum atomic E-state index is -0.357. The summed E-state index contributed by atoms with van der Waals surface area (Å²) in [7, 11) is 0. The third-order valence-electron chi connectivity index (χ3n) is 3.36. The molecular weight excluding hydrogens is 257 g/mol. The van der Waals surface area contributed by atoms with Crippen LogP contribution in [0.5, 0.6) is 5.75 Å². The van der Waals surface area contributed by atoms with E-state index in [1.54, 1.807) is 19.1 Å². The van der Waals surface area contributed by atoms with Crippen molar-refractivity contribution in [1.82, 2.24) is 5.32 Å². The lowest BCUT2D eigenvalue weighted by Gasteiger charge is -2.31. The first-order valence-corrected chi connectivity index (χ1v) is 7.19. The Balaban J connectivity index is 2.61. The summed E-state index contributed by atoms with van der Waals surface area (Å²) in [6, 6.07) is 4.74. The number of hydrogen-bond donors (Lipinski definition) is 2. The Morgan fingerprint density at radius 2 is 2.15 bits per heavy atom. The molecule has 0 heterocycles. The molecule has 0 aliphatic carbocycles. The Bertz CT molecular complexity index is 425. The van der Waals surface area contributed by atoms with Gasteiger partial charge in [0.25, 0.3) is 0 Å². The standard InChI is InChI=1S/C16H26FNO2/c1-5-8-18-16(4,11-19)10-13(3)20-14-6-7-15(17)12(2)9-14/h6-7,9,13,18-19H,5,8,10-11H2,1-4H3. The van der Waals surface area contributed by atoms with Gasteiger partial charge in [-0.3, -0.25) is 0 Å². The molecule has 1 rings (SSSR count). The first-order chi connectivity index (χ1) is 9.40. The van der Waals surface area contributed by atoms with Gasteiger partial charge in [-0.05, 0) is 57.5 Å². The normalized spacial score (nSPS) is 15.7. The van der Waals surface area contributed by atoms with Gasteiger partial charge in [-0.2, -0.15) is 0 Å². The minimum absolute atomic E-state index is 0.0587. The number of ether oxygens (including phenoxy) is 1. The van der Waals surface area contributed by atoms with E-state index in [9.17, 15) is 9.50 Å². The van der Waals surface area contributed by atoms with Crippen molar-refractivity contribution < 1.29 is 14.2 Å². The van der Waals surface area contributed by atoms with Gasteiger partial charge in [0, 0.05) is 12.0 Å². The molecule has 0 spiro atoms. The van der Waals surface area contributed by atoms with Crippen molar-refractivity contribution in [1.29, 1.82) is 0 Å². The molecule has 2 atom stereocenters. The van der Waals surface area contributed by atoms with Gasteiger partial charge in [0.1, 0.15) is 11.6 Å². The fourth-order valence-electron chi connectivity index (χ4n) is 2.22. The SMILES string of the molecule is CCCNC(C)(CO)CC(C)Oc1ccc(F)c(C)c1. The molecule has 1 aromatic rings. The Labute approximate surface area is 121 Å². The molecule has 0 saturated heterocycles. The molecule has 0 aromatic heterocycles. The average molecular weight is 283 g/mol. The zero-order valence-corrected chi connectivity index (χ0v) is 12.9. The van der Waals surface area contributed by atoms with Crippen molar-refractivity contribution >= 4 is 0 Å². The Morgan fingerprint density at radius 1 is 1.45 bits per heavy atom. The first-order valence-electron chi connectivity index (χ1n) is 7.19. The van der Waals surface area contributed by atoms with E-state index in [0.29, 0.717) is 17.7 Å². The molecule has 0 fully saturated rings. The van der Waals surface area contributed by atoms with Crippen LogP contribution in [-0.2, 0) is 0 Å². The van der Waals surface area contributed by atoms with Crippen LogP contribution >= 0.6 is 0 Å². The summed E-state index contributed by atoms with van der Waals surface area (Å²) in [5, 5.41) is 12.9. The van der Waals surface area contributed by atoms with Crippen molar-refractivity contribution in [2.45, 2.75) is 52.2 Å². The van der Waals surface area contributed by atoms with Gasteiger partial charge in [-0.15, -0.1) is 0 Å². The zero-order valence-electron chi connectivity index (χ0n) is 12.9. The molecule has 3 nitrogen and oxygen atoms in total. The molecule has 0 amide bonds. The summed E-state index contributed by atoms with van der Waals surface area (Å²) in [5.74, 6) is 0.432. The van der Waals surface area contributed by atoms with E-state index in [0.717, 1.165) is 13.0 Å². The maximum Gasteiger partial charge on any atom is 0.126 e. The summed E-state index contributed by atoms with van der Waals surface area (Å²) < 4.78 is 19.0.